The maximum absolute atomic E-state index is 11.3. The van der Waals surface area contributed by atoms with Crippen LogP contribution in [-0.2, 0) is 19.2 Å². The van der Waals surface area contributed by atoms with E-state index in [-0.39, 0.29) is 18.4 Å². The van der Waals surface area contributed by atoms with E-state index in [1.807, 2.05) is 0 Å². The fourth-order valence-corrected chi connectivity index (χ4v) is 1.84. The molecule has 0 aromatic heterocycles. The van der Waals surface area contributed by atoms with Gasteiger partial charge in [0, 0.05) is 6.04 Å². The molecule has 4 atom stereocenters. The summed E-state index contributed by atoms with van der Waals surface area (Å²) >= 11 is 0. The fraction of sp³-hybridized carbons (Fsp3) is 0.538. The van der Waals surface area contributed by atoms with Crippen molar-refractivity contribution in [2.75, 3.05) is 0 Å². The lowest BCUT2D eigenvalue weighted by molar-refractivity contribution is -0.142. The molecule has 0 bridgehead atoms. The van der Waals surface area contributed by atoms with Crippen molar-refractivity contribution in [3.05, 3.63) is 12.2 Å². The van der Waals surface area contributed by atoms with Gasteiger partial charge in [-0.3, -0.25) is 19.7 Å². The average Bonchev–Trinajstić information content (AvgIpc) is 2.43. The van der Waals surface area contributed by atoms with Gasteiger partial charge in [-0.25, -0.2) is 0 Å². The van der Waals surface area contributed by atoms with Gasteiger partial charge in [-0.2, -0.15) is 0 Å². The van der Waals surface area contributed by atoms with Gasteiger partial charge in [0.25, 0.3) is 0 Å². The maximum atomic E-state index is 11.3. The van der Waals surface area contributed by atoms with Gasteiger partial charge in [0.05, 0.1) is 12.5 Å². The summed E-state index contributed by atoms with van der Waals surface area (Å²) in [5, 5.41) is 29.1. The highest BCUT2D eigenvalue weighted by Crippen LogP contribution is 2.12. The molecule has 0 heterocycles. The third-order valence-electron chi connectivity index (χ3n) is 3.05. The largest absolute Gasteiger partial charge is 0.481 e. The summed E-state index contributed by atoms with van der Waals surface area (Å²) < 4.78 is 0. The van der Waals surface area contributed by atoms with E-state index in [9.17, 15) is 24.3 Å². The van der Waals surface area contributed by atoms with E-state index in [1.54, 1.807) is 0 Å². The summed E-state index contributed by atoms with van der Waals surface area (Å²) in [6, 6.07) is -4.79. The predicted octanol–water partition coefficient (Wildman–Crippen LogP) is -1.85. The smallest absolute Gasteiger partial charge is 0.321 e. The highest BCUT2D eigenvalue weighted by molar-refractivity contribution is 5.75. The van der Waals surface area contributed by atoms with Crippen LogP contribution in [0.15, 0.2) is 12.2 Å². The molecule has 0 radical (unpaired) electrons. The van der Waals surface area contributed by atoms with Gasteiger partial charge in [-0.05, 0) is 12.8 Å². The predicted molar refractivity (Wildman–Crippen MR) is 78.6 cm³/mol. The molecule has 0 aliphatic rings. The van der Waals surface area contributed by atoms with E-state index >= 15 is 0 Å². The topological polar surface area (TPSA) is 193 Å². The van der Waals surface area contributed by atoms with Gasteiger partial charge in [0.1, 0.15) is 18.4 Å². The Hall–Kier alpha value is -2.30. The molecule has 0 saturated heterocycles. The van der Waals surface area contributed by atoms with Crippen molar-refractivity contribution in [3.63, 3.8) is 0 Å². The minimum Gasteiger partial charge on any atom is -0.481 e. The maximum Gasteiger partial charge on any atom is 0.321 e. The van der Waals surface area contributed by atoms with Gasteiger partial charge < -0.3 is 31.6 Å². The van der Waals surface area contributed by atoms with E-state index in [4.69, 9.17) is 21.7 Å². The van der Waals surface area contributed by atoms with E-state index in [0.29, 0.717) is 6.29 Å². The number of hydrogen-bond donors (Lipinski definition) is 6. The first kappa shape index (κ1) is 20.7. The van der Waals surface area contributed by atoms with Crippen molar-refractivity contribution >= 4 is 24.2 Å². The number of hydrogen-bond acceptors (Lipinski definition) is 7. The van der Waals surface area contributed by atoms with Crippen LogP contribution in [0.4, 0.5) is 0 Å². The third-order valence-corrected chi connectivity index (χ3v) is 3.05. The fourth-order valence-electron chi connectivity index (χ4n) is 1.84. The minimum atomic E-state index is -1.32. The zero-order valence-corrected chi connectivity index (χ0v) is 12.3. The van der Waals surface area contributed by atoms with Crippen molar-refractivity contribution < 1.29 is 34.5 Å². The number of nitrogens with two attached hydrogens (primary N) is 2. The molecular formula is C13H21N3O7. The van der Waals surface area contributed by atoms with Crippen molar-refractivity contribution in [1.29, 1.82) is 0 Å². The van der Waals surface area contributed by atoms with Crippen molar-refractivity contribution in [3.8, 4) is 0 Å². The van der Waals surface area contributed by atoms with Crippen LogP contribution in [0.5, 0.6) is 0 Å². The molecule has 3 unspecified atom stereocenters. The first-order valence-corrected chi connectivity index (χ1v) is 6.65. The van der Waals surface area contributed by atoms with Crippen LogP contribution in [0.3, 0.4) is 0 Å². The van der Waals surface area contributed by atoms with Gasteiger partial charge in [0.15, 0.2) is 0 Å². The van der Waals surface area contributed by atoms with Crippen LogP contribution < -0.4 is 16.8 Å². The normalized spacial score (nSPS) is 15.9. The Bertz CT molecular complexity index is 480. The van der Waals surface area contributed by atoms with Crippen LogP contribution in [-0.4, -0.2) is 63.7 Å². The number of carboxylic acids is 3. The summed E-state index contributed by atoms with van der Waals surface area (Å²) in [5.41, 5.74) is 11.1. The lowest BCUT2D eigenvalue weighted by Gasteiger charge is -2.25. The zero-order valence-electron chi connectivity index (χ0n) is 12.3. The van der Waals surface area contributed by atoms with Crippen LogP contribution in [0.2, 0.25) is 0 Å². The number of rotatable bonds is 12. The van der Waals surface area contributed by atoms with Crippen molar-refractivity contribution in [2.24, 2.45) is 11.5 Å². The third kappa shape index (κ3) is 8.04. The zero-order chi connectivity index (χ0) is 18.2. The van der Waals surface area contributed by atoms with E-state index in [2.05, 4.69) is 11.9 Å². The molecule has 8 N–H and O–H groups in total. The summed E-state index contributed by atoms with van der Waals surface area (Å²) in [4.78, 5) is 43.4. The Kier molecular flexibility index (Phi) is 8.70. The van der Waals surface area contributed by atoms with Gasteiger partial charge in [-0.15, -0.1) is 0 Å². The minimum absolute atomic E-state index is 0.135. The highest BCUT2D eigenvalue weighted by Gasteiger charge is 2.28. The molecule has 0 spiro atoms. The molecule has 0 amide bonds. The molecule has 0 fully saturated rings. The quantitative estimate of drug-likeness (QED) is 0.174. The lowest BCUT2D eigenvalue weighted by atomic mass is 9.98. The highest BCUT2D eigenvalue weighted by atomic mass is 16.4. The Balaban J connectivity index is 4.91. The van der Waals surface area contributed by atoms with E-state index < -0.39 is 48.5 Å². The summed E-state index contributed by atoms with van der Waals surface area (Å²) in [6.45, 7) is 3.57. The molecule has 0 rings (SSSR count). The second-order valence-electron chi connectivity index (χ2n) is 5.08. The van der Waals surface area contributed by atoms with Crippen LogP contribution >= 0.6 is 0 Å². The van der Waals surface area contributed by atoms with Crippen molar-refractivity contribution in [2.45, 2.75) is 43.4 Å². The summed E-state index contributed by atoms with van der Waals surface area (Å²) in [5.74, 6) is -3.82. The van der Waals surface area contributed by atoms with E-state index in [0.717, 1.165) is 0 Å². The Labute approximate surface area is 132 Å². The Morgan fingerprint density at radius 3 is 2.00 bits per heavy atom. The number of carbonyl (C=O) groups excluding carboxylic acids is 1. The molecule has 0 aromatic carbocycles. The molecule has 0 aliphatic carbocycles. The number of carbonyl (C=O) groups is 4. The second-order valence-corrected chi connectivity index (χ2v) is 5.08. The SMILES string of the molecule is C=C(CC(N)C(=O)O)CC(NC(CC(=O)O)[C@@H](N)C=O)C(=O)O. The summed E-state index contributed by atoms with van der Waals surface area (Å²) in [7, 11) is 0. The number of aldehydes is 1. The molecular weight excluding hydrogens is 310 g/mol. The van der Waals surface area contributed by atoms with Crippen molar-refractivity contribution in [1.82, 2.24) is 5.32 Å². The Morgan fingerprint density at radius 2 is 1.61 bits per heavy atom. The molecule has 10 heteroatoms. The first-order chi connectivity index (χ1) is 10.6. The first-order valence-electron chi connectivity index (χ1n) is 6.65. The molecule has 130 valence electrons. The standard InChI is InChI=1S/C13H21N3O7/c1-6(2-7(14)12(20)21)3-10(13(22)23)16-9(4-11(18)19)8(15)5-17/h5,7-10,16H,1-4,14-15H2,(H,18,19)(H,20,21)(H,22,23)/t7?,8-,9?,10?/m0/s1. The van der Waals surface area contributed by atoms with E-state index in [1.165, 1.54) is 0 Å². The van der Waals surface area contributed by atoms with Crippen LogP contribution in [0.1, 0.15) is 19.3 Å². The van der Waals surface area contributed by atoms with Gasteiger partial charge in [0.2, 0.25) is 0 Å². The molecule has 0 aromatic rings. The second kappa shape index (κ2) is 9.66. The van der Waals surface area contributed by atoms with Crippen LogP contribution in [0.25, 0.3) is 0 Å². The average molecular weight is 331 g/mol. The molecule has 10 nitrogen and oxygen atoms in total. The van der Waals surface area contributed by atoms with Gasteiger partial charge >= 0.3 is 17.9 Å². The Morgan fingerprint density at radius 1 is 1.04 bits per heavy atom. The molecule has 0 saturated carbocycles. The summed E-state index contributed by atoms with van der Waals surface area (Å²) in [6.07, 6.45) is -0.554. The number of carboxylic acid groups (broad SMARTS) is 3. The lowest BCUT2D eigenvalue weighted by Crippen LogP contribution is -2.53. The van der Waals surface area contributed by atoms with Crippen LogP contribution in [0, 0.1) is 0 Å². The number of nitrogens with one attached hydrogen (secondary N) is 1. The van der Waals surface area contributed by atoms with Gasteiger partial charge in [-0.1, -0.05) is 12.2 Å². The molecule has 23 heavy (non-hydrogen) atoms. The monoisotopic (exact) mass is 331 g/mol. The molecule has 0 aliphatic heterocycles. The number of aliphatic carboxylic acids is 3.